The van der Waals surface area contributed by atoms with E-state index in [-0.39, 0.29) is 0 Å². The van der Waals surface area contributed by atoms with Crippen LogP contribution in [0.5, 0.6) is 0 Å². The van der Waals surface area contributed by atoms with Crippen molar-refractivity contribution in [3.63, 3.8) is 0 Å². The van der Waals surface area contributed by atoms with Crippen LogP contribution in [0.3, 0.4) is 0 Å². The zero-order valence-corrected chi connectivity index (χ0v) is 10.8. The summed E-state index contributed by atoms with van der Waals surface area (Å²) in [5.74, 6) is 0. The average Bonchev–Trinajstić information content (AvgIpc) is 2.52. The van der Waals surface area contributed by atoms with E-state index < -0.39 is 0 Å². The highest BCUT2D eigenvalue weighted by Crippen LogP contribution is 2.28. The van der Waals surface area contributed by atoms with Gasteiger partial charge in [-0.15, -0.1) is 11.8 Å². The van der Waals surface area contributed by atoms with Gasteiger partial charge in [-0.25, -0.2) is 0 Å². The molecule has 2 heteroatoms. The Bertz CT molecular complexity index is 266. The summed E-state index contributed by atoms with van der Waals surface area (Å²) in [7, 11) is 0. The Morgan fingerprint density at radius 3 is 2.80 bits per heavy atom. The first-order valence-electron chi connectivity index (χ1n) is 5.77. The Morgan fingerprint density at radius 1 is 1.40 bits per heavy atom. The molecule has 2 atom stereocenters. The molecule has 1 aliphatic heterocycles. The van der Waals surface area contributed by atoms with Crippen molar-refractivity contribution in [2.45, 2.75) is 50.7 Å². The van der Waals surface area contributed by atoms with Crippen molar-refractivity contribution in [1.29, 1.82) is 0 Å². The maximum Gasteiger partial charge on any atom is 0.114 e. The van der Waals surface area contributed by atoms with Crippen molar-refractivity contribution in [1.82, 2.24) is 0 Å². The molecule has 0 saturated heterocycles. The van der Waals surface area contributed by atoms with Gasteiger partial charge < -0.3 is 0 Å². The first-order chi connectivity index (χ1) is 7.24. The number of allylic oxidation sites excluding steroid dienone is 3. The van der Waals surface area contributed by atoms with E-state index in [1.54, 1.807) is 0 Å². The molecule has 1 heterocycles. The van der Waals surface area contributed by atoms with Gasteiger partial charge in [-0.1, -0.05) is 44.1 Å². The number of hydrogen-bond donors (Lipinski definition) is 0. The number of thioether (sulfide) groups is 1. The Morgan fingerprint density at radius 2 is 2.20 bits per heavy atom. The highest BCUT2D eigenvalue weighted by atomic mass is 32.2. The molecule has 0 amide bonds. The van der Waals surface area contributed by atoms with E-state index in [1.807, 2.05) is 11.8 Å². The van der Waals surface area contributed by atoms with Gasteiger partial charge in [0, 0.05) is 11.0 Å². The summed E-state index contributed by atoms with van der Waals surface area (Å²) in [5, 5.41) is 0.930. The minimum atomic E-state index is 0.343. The first-order valence-corrected chi connectivity index (χ1v) is 6.71. The number of aliphatic imine (C=N–C) groups is 1. The minimum absolute atomic E-state index is 0.343. The quantitative estimate of drug-likeness (QED) is 0.502. The van der Waals surface area contributed by atoms with Crippen molar-refractivity contribution in [3.05, 3.63) is 24.3 Å². The van der Waals surface area contributed by atoms with E-state index in [1.165, 1.54) is 25.0 Å². The van der Waals surface area contributed by atoms with E-state index in [9.17, 15) is 0 Å². The molecule has 0 bridgehead atoms. The summed E-state index contributed by atoms with van der Waals surface area (Å²) in [5.41, 5.74) is 1.27. The third kappa shape index (κ3) is 4.70. The third-order valence-electron chi connectivity index (χ3n) is 2.51. The van der Waals surface area contributed by atoms with Crippen LogP contribution in [0.2, 0.25) is 0 Å². The molecule has 15 heavy (non-hydrogen) atoms. The maximum absolute atomic E-state index is 4.56. The number of rotatable bonds is 5. The maximum atomic E-state index is 4.56. The fourth-order valence-corrected chi connectivity index (χ4v) is 2.47. The summed E-state index contributed by atoms with van der Waals surface area (Å²) in [4.78, 5) is 4.56. The lowest BCUT2D eigenvalue weighted by Crippen LogP contribution is -2.01. The van der Waals surface area contributed by atoms with Crippen LogP contribution >= 0.6 is 11.8 Å². The average molecular weight is 223 g/mol. The van der Waals surface area contributed by atoms with Crippen LogP contribution in [0.15, 0.2) is 29.3 Å². The lowest BCUT2D eigenvalue weighted by molar-refractivity contribution is 0.815. The summed E-state index contributed by atoms with van der Waals surface area (Å²) in [6.07, 6.45) is 12.4. The molecule has 1 rings (SSSR count). The SMILES string of the molecule is CCCC/C=C/C=C/[C@@H]1N=C(C)[C@@H](C)S1. The Balaban J connectivity index is 2.25. The molecule has 1 aliphatic rings. The molecule has 0 spiro atoms. The van der Waals surface area contributed by atoms with E-state index >= 15 is 0 Å². The van der Waals surface area contributed by atoms with Crippen molar-refractivity contribution >= 4 is 17.5 Å². The van der Waals surface area contributed by atoms with Crippen molar-refractivity contribution in [2.24, 2.45) is 4.99 Å². The second kappa shape index (κ2) is 6.89. The van der Waals surface area contributed by atoms with Gasteiger partial charge in [0.2, 0.25) is 0 Å². The van der Waals surface area contributed by atoms with E-state index in [4.69, 9.17) is 0 Å². The largest absolute Gasteiger partial charge is 0.275 e. The molecule has 0 aromatic rings. The van der Waals surface area contributed by atoms with Crippen LogP contribution in [0.1, 0.15) is 40.0 Å². The van der Waals surface area contributed by atoms with Crippen LogP contribution in [0, 0.1) is 0 Å². The molecule has 0 radical (unpaired) electrons. The Kier molecular flexibility index (Phi) is 5.77. The van der Waals surface area contributed by atoms with Crippen LogP contribution in [-0.2, 0) is 0 Å². The lowest BCUT2D eigenvalue weighted by Gasteiger charge is -2.00. The Hall–Kier alpha value is -0.500. The van der Waals surface area contributed by atoms with Crippen LogP contribution in [0.4, 0.5) is 0 Å². The van der Waals surface area contributed by atoms with Gasteiger partial charge in [-0.05, 0) is 20.3 Å². The van der Waals surface area contributed by atoms with Gasteiger partial charge in [0.15, 0.2) is 0 Å². The summed E-state index contributed by atoms with van der Waals surface area (Å²) >= 11 is 1.92. The molecular formula is C13H21NS. The highest BCUT2D eigenvalue weighted by Gasteiger charge is 2.19. The molecule has 84 valence electrons. The zero-order valence-electron chi connectivity index (χ0n) is 9.94. The molecule has 0 fully saturated rings. The lowest BCUT2D eigenvalue weighted by atomic mass is 10.2. The van der Waals surface area contributed by atoms with Gasteiger partial charge in [0.1, 0.15) is 5.37 Å². The standard InChI is InChI=1S/C13H21NS/c1-4-5-6-7-8-9-10-13-14-11(2)12(3)15-13/h7-10,12-13H,4-6H2,1-3H3/b8-7+,10-9+/t12-,13-/m1/s1. The van der Waals surface area contributed by atoms with E-state index in [2.05, 4.69) is 50.1 Å². The predicted octanol–water partition coefficient (Wildman–Crippen LogP) is 4.21. The van der Waals surface area contributed by atoms with E-state index in [0.29, 0.717) is 10.6 Å². The highest BCUT2D eigenvalue weighted by molar-refractivity contribution is 8.01. The van der Waals surface area contributed by atoms with Gasteiger partial charge in [0.25, 0.3) is 0 Å². The third-order valence-corrected chi connectivity index (χ3v) is 3.80. The van der Waals surface area contributed by atoms with Crippen LogP contribution in [0.25, 0.3) is 0 Å². The Labute approximate surface area is 97.8 Å². The van der Waals surface area contributed by atoms with Crippen LogP contribution in [-0.4, -0.2) is 16.3 Å². The van der Waals surface area contributed by atoms with Gasteiger partial charge in [-0.2, -0.15) is 0 Å². The molecular weight excluding hydrogens is 202 g/mol. The molecule has 0 unspecified atom stereocenters. The molecule has 0 aliphatic carbocycles. The number of hydrogen-bond acceptors (Lipinski definition) is 2. The predicted molar refractivity (Wildman–Crippen MR) is 71.8 cm³/mol. The molecule has 0 saturated carbocycles. The fourth-order valence-electron chi connectivity index (χ4n) is 1.39. The number of unbranched alkanes of at least 4 members (excludes halogenated alkanes) is 2. The minimum Gasteiger partial charge on any atom is -0.275 e. The van der Waals surface area contributed by atoms with Gasteiger partial charge >= 0.3 is 0 Å². The fraction of sp³-hybridized carbons (Fsp3) is 0.615. The topological polar surface area (TPSA) is 12.4 Å². The van der Waals surface area contributed by atoms with Crippen LogP contribution < -0.4 is 0 Å². The summed E-state index contributed by atoms with van der Waals surface area (Å²) in [6, 6.07) is 0. The molecule has 0 N–H and O–H groups in total. The summed E-state index contributed by atoms with van der Waals surface area (Å²) < 4.78 is 0. The first kappa shape index (κ1) is 12.6. The second-order valence-electron chi connectivity index (χ2n) is 3.89. The van der Waals surface area contributed by atoms with Crippen molar-refractivity contribution < 1.29 is 0 Å². The molecule has 1 nitrogen and oxygen atoms in total. The monoisotopic (exact) mass is 223 g/mol. The van der Waals surface area contributed by atoms with E-state index in [0.717, 1.165) is 0 Å². The summed E-state index contributed by atoms with van der Waals surface area (Å²) in [6.45, 7) is 6.55. The normalized spacial score (nSPS) is 26.7. The number of nitrogens with zero attached hydrogens (tertiary/aromatic N) is 1. The van der Waals surface area contributed by atoms with Gasteiger partial charge in [0.05, 0.1) is 0 Å². The smallest absolute Gasteiger partial charge is 0.114 e. The molecule has 0 aromatic carbocycles. The van der Waals surface area contributed by atoms with Crippen molar-refractivity contribution in [2.75, 3.05) is 0 Å². The second-order valence-corrected chi connectivity index (χ2v) is 5.36. The van der Waals surface area contributed by atoms with Gasteiger partial charge in [-0.3, -0.25) is 4.99 Å². The zero-order chi connectivity index (χ0) is 11.1. The van der Waals surface area contributed by atoms with Crippen molar-refractivity contribution in [3.8, 4) is 0 Å². The molecule has 0 aromatic heterocycles.